The lowest BCUT2D eigenvalue weighted by atomic mass is 9.57. The van der Waals surface area contributed by atoms with Gasteiger partial charge in [-0.25, -0.2) is 0 Å². The Balaban J connectivity index is 2.23. The van der Waals surface area contributed by atoms with E-state index in [1.165, 1.54) is 17.2 Å². The number of halogens is 3. The third-order valence-corrected chi connectivity index (χ3v) is 21.2. The average molecular weight is 665 g/mol. The maximum Gasteiger partial charge on any atom is 0.534 e. The zero-order chi connectivity index (χ0) is 33.4. The average Bonchev–Trinajstić information content (AvgIpc) is 3.00. The van der Waals surface area contributed by atoms with Gasteiger partial charge in [0.2, 0.25) is 0 Å². The van der Waals surface area contributed by atoms with Crippen LogP contribution in [0, 0.1) is 16.7 Å². The van der Waals surface area contributed by atoms with E-state index < -0.39 is 43.8 Å². The summed E-state index contributed by atoms with van der Waals surface area (Å²) >= 11 is 0. The zero-order valence-electron chi connectivity index (χ0n) is 28.8. The predicted molar refractivity (Wildman–Crippen MR) is 173 cm³/mol. The molecule has 4 atom stereocenters. The van der Waals surface area contributed by atoms with Gasteiger partial charge < -0.3 is 13.0 Å². The molecule has 0 unspecified atom stereocenters. The quantitative estimate of drug-likeness (QED) is 0.154. The summed E-state index contributed by atoms with van der Waals surface area (Å²) in [5.41, 5.74) is -2.86. The van der Waals surface area contributed by atoms with Crippen LogP contribution in [-0.2, 0) is 23.2 Å². The maximum absolute atomic E-state index is 13.4. The van der Waals surface area contributed by atoms with Gasteiger partial charge in [-0.15, -0.1) is 0 Å². The van der Waals surface area contributed by atoms with Crippen molar-refractivity contribution in [3.63, 3.8) is 0 Å². The van der Waals surface area contributed by atoms with Crippen molar-refractivity contribution in [3.05, 3.63) is 34.6 Å². The molecule has 1 fully saturated rings. The van der Waals surface area contributed by atoms with Crippen LogP contribution in [0.1, 0.15) is 94.9 Å². The first-order valence-corrected chi connectivity index (χ1v) is 22.7. The highest BCUT2D eigenvalue weighted by atomic mass is 32.2. The molecule has 3 aliphatic rings. The van der Waals surface area contributed by atoms with Gasteiger partial charge in [0, 0.05) is 17.3 Å². The highest BCUT2D eigenvalue weighted by Crippen LogP contribution is 2.64. The molecule has 0 heterocycles. The molecule has 0 radical (unpaired) electrons. The minimum atomic E-state index is -5.83. The van der Waals surface area contributed by atoms with Crippen LogP contribution in [0.4, 0.5) is 13.2 Å². The van der Waals surface area contributed by atoms with Crippen molar-refractivity contribution in [1.29, 1.82) is 0 Å². The molecule has 1 saturated carbocycles. The fourth-order valence-corrected chi connectivity index (χ4v) is 9.52. The molecule has 0 aromatic rings. The number of fused-ring (bicyclic) bond motifs is 3. The molecule has 0 aliphatic heterocycles. The Kier molecular flexibility index (Phi) is 9.46. The number of allylic oxidation sites excluding steroid dienone is 2. The molecule has 3 aliphatic carbocycles. The molecule has 11 heteroatoms. The van der Waals surface area contributed by atoms with Crippen molar-refractivity contribution in [1.82, 2.24) is 0 Å². The monoisotopic (exact) mass is 664 g/mol. The molecule has 0 bridgehead atoms. The van der Waals surface area contributed by atoms with Crippen molar-refractivity contribution >= 4 is 26.8 Å². The first-order valence-electron chi connectivity index (χ1n) is 15.5. The smallest absolute Gasteiger partial charge is 0.413 e. The summed E-state index contributed by atoms with van der Waals surface area (Å²) < 4.78 is 83.5. The minimum absolute atomic E-state index is 0.0143. The second-order valence-corrected chi connectivity index (χ2v) is 27.8. The summed E-state index contributed by atoms with van der Waals surface area (Å²) in [6.07, 6.45) is 4.97. The van der Waals surface area contributed by atoms with Crippen LogP contribution in [0.3, 0.4) is 0 Å². The Morgan fingerprint density at radius 3 is 1.67 bits per heavy atom. The highest BCUT2D eigenvalue weighted by Gasteiger charge is 2.59. The second-order valence-electron chi connectivity index (χ2n) is 16.7. The Labute approximate surface area is 261 Å². The lowest BCUT2D eigenvalue weighted by molar-refractivity contribution is -0.0529. The number of hydrogen-bond donors (Lipinski definition) is 0. The van der Waals surface area contributed by atoms with Gasteiger partial charge in [-0.1, -0.05) is 80.9 Å². The lowest BCUT2D eigenvalue weighted by Gasteiger charge is -2.53. The Morgan fingerprint density at radius 1 is 0.814 bits per heavy atom. The van der Waals surface area contributed by atoms with E-state index in [1.54, 1.807) is 0 Å². The zero-order valence-corrected chi connectivity index (χ0v) is 31.6. The molecular formula is C32H55F3O5SSi2. The van der Waals surface area contributed by atoms with Crippen molar-refractivity contribution in [2.45, 2.75) is 149 Å². The Morgan fingerprint density at radius 2 is 1.26 bits per heavy atom. The van der Waals surface area contributed by atoms with Crippen LogP contribution >= 0.6 is 0 Å². The number of rotatable bonds is 7. The van der Waals surface area contributed by atoms with Crippen LogP contribution in [0.2, 0.25) is 36.3 Å². The molecular weight excluding hydrogens is 610 g/mol. The van der Waals surface area contributed by atoms with Gasteiger partial charge in [-0.05, 0) is 78.7 Å². The Hall–Kier alpha value is -0.886. The highest BCUT2D eigenvalue weighted by molar-refractivity contribution is 7.87. The summed E-state index contributed by atoms with van der Waals surface area (Å²) in [6, 6.07) is 0. The van der Waals surface area contributed by atoms with Gasteiger partial charge in [0.05, 0.1) is 12.2 Å². The molecule has 0 amide bonds. The first-order chi connectivity index (χ1) is 19.0. The summed E-state index contributed by atoms with van der Waals surface area (Å²) in [5.74, 6) is -0.0106. The van der Waals surface area contributed by atoms with E-state index in [-0.39, 0.29) is 39.7 Å². The second kappa shape index (κ2) is 11.1. The maximum atomic E-state index is 13.4. The predicted octanol–water partition coefficient (Wildman–Crippen LogP) is 10.0. The summed E-state index contributed by atoms with van der Waals surface area (Å²) in [5, 5.41) is -0.126. The molecule has 3 rings (SSSR count). The van der Waals surface area contributed by atoms with Crippen molar-refractivity contribution in [3.8, 4) is 0 Å². The Bertz CT molecular complexity index is 1300. The fourth-order valence-electron chi connectivity index (χ4n) is 6.20. The number of hydrogen-bond acceptors (Lipinski definition) is 5. The summed E-state index contributed by atoms with van der Waals surface area (Å²) in [7, 11) is -10.4. The standard InChI is InChI=1S/C32H55F3O5SSi2/c1-21(2)23-20-26(40-43(13,14)29(6,7)8)31(10)18-17-30(9)24(27(23)31)16-15-22(38-41(36,37)32(33,34)35)19-25(30)39-42(11,12)28(3,4)5/h15-16,21,25-26H,17-20H2,1-14H3/t25-,26+,30+,31-/m0/s1. The van der Waals surface area contributed by atoms with E-state index in [0.717, 1.165) is 24.8 Å². The minimum Gasteiger partial charge on any atom is -0.413 e. The van der Waals surface area contributed by atoms with Crippen LogP contribution < -0.4 is 0 Å². The van der Waals surface area contributed by atoms with E-state index in [4.69, 9.17) is 13.0 Å². The largest absolute Gasteiger partial charge is 0.534 e. The number of alkyl halides is 3. The van der Waals surface area contributed by atoms with Crippen LogP contribution in [0.25, 0.3) is 0 Å². The van der Waals surface area contributed by atoms with E-state index in [9.17, 15) is 21.6 Å². The first kappa shape index (κ1) is 36.6. The molecule has 5 nitrogen and oxygen atoms in total. The van der Waals surface area contributed by atoms with E-state index in [1.807, 2.05) is 6.08 Å². The third-order valence-electron chi connectivity index (χ3n) is 11.3. The van der Waals surface area contributed by atoms with Gasteiger partial charge in [0.1, 0.15) is 5.76 Å². The van der Waals surface area contributed by atoms with Gasteiger partial charge in [-0.3, -0.25) is 0 Å². The lowest BCUT2D eigenvalue weighted by Crippen LogP contribution is -2.53. The molecule has 0 spiro atoms. The van der Waals surface area contributed by atoms with Gasteiger partial charge in [-0.2, -0.15) is 21.6 Å². The van der Waals surface area contributed by atoms with E-state index in [0.29, 0.717) is 0 Å². The summed E-state index contributed by atoms with van der Waals surface area (Å²) in [4.78, 5) is 0. The van der Waals surface area contributed by atoms with E-state index >= 15 is 0 Å². The molecule has 43 heavy (non-hydrogen) atoms. The molecule has 0 aromatic heterocycles. The summed E-state index contributed by atoms with van der Waals surface area (Å²) in [6.45, 7) is 30.6. The molecule has 0 saturated heterocycles. The molecule has 248 valence electrons. The fraction of sp³-hybridized carbons (Fsp3) is 0.812. The van der Waals surface area contributed by atoms with Crippen molar-refractivity contribution in [2.75, 3.05) is 0 Å². The van der Waals surface area contributed by atoms with Crippen molar-refractivity contribution < 1.29 is 34.6 Å². The van der Waals surface area contributed by atoms with E-state index in [2.05, 4.69) is 95.4 Å². The SMILES string of the molecule is CC(C)C1=C2C3=CC=C(OS(=O)(=O)C(F)(F)F)C[C@H](O[Si](C)(C)C(C)(C)C)[C@]3(C)CC[C@@]2(C)[C@H](O[Si](C)(C)C(C)(C)C)C1. The van der Waals surface area contributed by atoms with Crippen LogP contribution in [0.5, 0.6) is 0 Å². The van der Waals surface area contributed by atoms with Gasteiger partial charge in [0.15, 0.2) is 16.6 Å². The van der Waals surface area contributed by atoms with Crippen LogP contribution in [-0.4, -0.2) is 42.8 Å². The normalized spacial score (nSPS) is 29.6. The topological polar surface area (TPSA) is 61.8 Å². The molecule has 0 N–H and O–H groups in total. The van der Waals surface area contributed by atoms with Crippen LogP contribution in [0.15, 0.2) is 34.6 Å². The van der Waals surface area contributed by atoms with Crippen molar-refractivity contribution in [2.24, 2.45) is 16.7 Å². The van der Waals surface area contributed by atoms with Gasteiger partial charge >= 0.3 is 15.6 Å². The molecule has 0 aromatic carbocycles. The third kappa shape index (κ3) is 6.67. The van der Waals surface area contributed by atoms with Gasteiger partial charge in [0.25, 0.3) is 0 Å².